The van der Waals surface area contributed by atoms with Crippen LogP contribution in [0, 0.1) is 11.9 Å². The lowest BCUT2D eigenvalue weighted by Crippen LogP contribution is -2.33. The van der Waals surface area contributed by atoms with Crippen molar-refractivity contribution in [3.63, 3.8) is 0 Å². The first-order chi connectivity index (χ1) is 8.56. The second-order valence-electron chi connectivity index (χ2n) is 5.10. The number of hydrogen-bond acceptors (Lipinski definition) is 3. The second kappa shape index (κ2) is 5.97. The van der Waals surface area contributed by atoms with Crippen LogP contribution in [0.25, 0.3) is 0 Å². The van der Waals surface area contributed by atoms with E-state index in [1.165, 1.54) is 0 Å². The van der Waals surface area contributed by atoms with E-state index >= 15 is 0 Å². The molecule has 1 fully saturated rings. The van der Waals surface area contributed by atoms with Crippen molar-refractivity contribution in [1.82, 2.24) is 4.98 Å². The molecular formula is C13H19BrFN3. The summed E-state index contributed by atoms with van der Waals surface area (Å²) >= 11 is 3.11. The van der Waals surface area contributed by atoms with Crippen LogP contribution in [0.15, 0.2) is 16.6 Å². The van der Waals surface area contributed by atoms with Crippen LogP contribution < -0.4 is 10.6 Å². The van der Waals surface area contributed by atoms with Gasteiger partial charge in [0.15, 0.2) is 0 Å². The van der Waals surface area contributed by atoms with E-state index in [-0.39, 0.29) is 0 Å². The van der Waals surface area contributed by atoms with Crippen LogP contribution in [-0.4, -0.2) is 24.6 Å². The molecule has 0 aliphatic heterocycles. The van der Waals surface area contributed by atoms with E-state index in [2.05, 4.69) is 20.9 Å². The molecule has 1 aromatic heterocycles. The van der Waals surface area contributed by atoms with Gasteiger partial charge in [-0.2, -0.15) is 4.39 Å². The zero-order valence-electron chi connectivity index (χ0n) is 10.6. The van der Waals surface area contributed by atoms with Crippen molar-refractivity contribution in [2.24, 2.45) is 11.7 Å². The maximum absolute atomic E-state index is 13.4. The average molecular weight is 316 g/mol. The Kier molecular flexibility index (Phi) is 4.56. The summed E-state index contributed by atoms with van der Waals surface area (Å²) in [5.41, 5.74) is 5.89. The van der Waals surface area contributed by atoms with E-state index in [1.807, 2.05) is 18.0 Å². The third-order valence-corrected chi connectivity index (χ3v) is 4.19. The Morgan fingerprint density at radius 3 is 2.67 bits per heavy atom. The van der Waals surface area contributed by atoms with E-state index in [0.29, 0.717) is 22.3 Å². The molecule has 1 aliphatic rings. The number of anilines is 1. The van der Waals surface area contributed by atoms with Crippen molar-refractivity contribution in [1.29, 1.82) is 0 Å². The van der Waals surface area contributed by atoms with Crippen molar-refractivity contribution in [2.45, 2.75) is 31.7 Å². The zero-order valence-corrected chi connectivity index (χ0v) is 12.2. The lowest BCUT2D eigenvalue weighted by atomic mass is 9.86. The van der Waals surface area contributed by atoms with Crippen LogP contribution >= 0.6 is 15.9 Å². The highest BCUT2D eigenvalue weighted by Gasteiger charge is 2.20. The average Bonchev–Trinajstić information content (AvgIpc) is 2.35. The quantitative estimate of drug-likeness (QED) is 0.872. The molecule has 1 saturated carbocycles. The van der Waals surface area contributed by atoms with Crippen LogP contribution in [0.1, 0.15) is 25.7 Å². The number of hydrogen-bond donors (Lipinski definition) is 1. The zero-order chi connectivity index (χ0) is 13.1. The molecule has 1 aliphatic carbocycles. The summed E-state index contributed by atoms with van der Waals surface area (Å²) in [6.07, 6.45) is 4.51. The van der Waals surface area contributed by atoms with Gasteiger partial charge in [0.25, 0.3) is 0 Å². The molecule has 0 amide bonds. The van der Waals surface area contributed by atoms with Gasteiger partial charge in [-0.05, 0) is 59.7 Å². The van der Waals surface area contributed by atoms with Crippen LogP contribution in [-0.2, 0) is 0 Å². The minimum atomic E-state index is -0.454. The van der Waals surface area contributed by atoms with Crippen molar-refractivity contribution in [3.8, 4) is 0 Å². The highest BCUT2D eigenvalue weighted by molar-refractivity contribution is 9.10. The van der Waals surface area contributed by atoms with Crippen molar-refractivity contribution in [3.05, 3.63) is 22.6 Å². The number of rotatable bonds is 3. The van der Waals surface area contributed by atoms with Crippen LogP contribution in [0.3, 0.4) is 0 Å². The molecule has 0 unspecified atom stereocenters. The molecular weight excluding hydrogens is 297 g/mol. The smallest absolute Gasteiger partial charge is 0.229 e. The summed E-state index contributed by atoms with van der Waals surface area (Å²) in [4.78, 5) is 5.97. The lowest BCUT2D eigenvalue weighted by Gasteiger charge is -2.30. The molecule has 0 saturated heterocycles. The Morgan fingerprint density at radius 2 is 2.06 bits per heavy atom. The highest BCUT2D eigenvalue weighted by atomic mass is 79.9. The molecule has 0 radical (unpaired) electrons. The van der Waals surface area contributed by atoms with Gasteiger partial charge in [-0.1, -0.05) is 0 Å². The third-order valence-electron chi connectivity index (χ3n) is 3.60. The molecule has 0 spiro atoms. The maximum Gasteiger partial charge on any atom is 0.229 e. The van der Waals surface area contributed by atoms with E-state index in [4.69, 9.17) is 5.73 Å². The Balaban J connectivity index is 1.94. The minimum Gasteiger partial charge on any atom is -0.359 e. The van der Waals surface area contributed by atoms with E-state index in [0.717, 1.165) is 32.2 Å². The van der Waals surface area contributed by atoms with Crippen LogP contribution in [0.2, 0.25) is 0 Å². The first kappa shape index (κ1) is 13.7. The topological polar surface area (TPSA) is 42.1 Å². The molecule has 3 nitrogen and oxygen atoms in total. The number of nitrogens with zero attached hydrogens (tertiary/aromatic N) is 2. The van der Waals surface area contributed by atoms with Gasteiger partial charge in [0.05, 0.1) is 4.47 Å². The maximum atomic E-state index is 13.4. The van der Waals surface area contributed by atoms with Gasteiger partial charge in [-0.3, -0.25) is 0 Å². The normalized spacial score (nSPS) is 24.0. The summed E-state index contributed by atoms with van der Waals surface area (Å²) in [5.74, 6) is 0.874. The van der Waals surface area contributed by atoms with E-state index in [9.17, 15) is 4.39 Å². The molecule has 2 N–H and O–H groups in total. The highest BCUT2D eigenvalue weighted by Crippen LogP contribution is 2.25. The lowest BCUT2D eigenvalue weighted by molar-refractivity contribution is 0.329. The van der Waals surface area contributed by atoms with Crippen molar-refractivity contribution < 1.29 is 4.39 Å². The van der Waals surface area contributed by atoms with Gasteiger partial charge in [0.1, 0.15) is 5.82 Å². The standard InChI is InChI=1S/C13H19BrFN3/c1-18(8-9-2-4-10(16)5-3-9)12-7-6-11(14)13(15)17-12/h6-7,9-10H,2-5,8,16H2,1H3/t9-,10-. The predicted octanol–water partition coefficient (Wildman–Crippen LogP) is 2.94. The second-order valence-corrected chi connectivity index (χ2v) is 5.96. The Hall–Kier alpha value is -0.680. The van der Waals surface area contributed by atoms with Crippen molar-refractivity contribution >= 4 is 21.7 Å². The Bertz CT molecular complexity index is 405. The molecule has 1 aromatic rings. The van der Waals surface area contributed by atoms with Crippen molar-refractivity contribution in [2.75, 3.05) is 18.5 Å². The number of halogens is 2. The van der Waals surface area contributed by atoms with Gasteiger partial charge in [-0.15, -0.1) is 0 Å². The van der Waals surface area contributed by atoms with E-state index in [1.54, 1.807) is 6.07 Å². The fraction of sp³-hybridized carbons (Fsp3) is 0.615. The van der Waals surface area contributed by atoms with Crippen LogP contribution in [0.4, 0.5) is 10.2 Å². The molecule has 1 heterocycles. The third kappa shape index (κ3) is 3.42. The summed E-state index contributed by atoms with van der Waals surface area (Å²) < 4.78 is 13.8. The van der Waals surface area contributed by atoms with Gasteiger partial charge in [0.2, 0.25) is 5.95 Å². The van der Waals surface area contributed by atoms with Gasteiger partial charge in [0, 0.05) is 19.6 Å². The van der Waals surface area contributed by atoms with Gasteiger partial charge in [-0.25, -0.2) is 4.98 Å². The van der Waals surface area contributed by atoms with E-state index < -0.39 is 5.95 Å². The summed E-state index contributed by atoms with van der Waals surface area (Å²) in [6.45, 7) is 0.917. The number of nitrogens with two attached hydrogens (primary N) is 1. The molecule has 0 aromatic carbocycles. The SMILES string of the molecule is CN(C[C@H]1CC[C@H](N)CC1)c1ccc(Br)c(F)n1. The van der Waals surface area contributed by atoms with Gasteiger partial charge >= 0.3 is 0 Å². The summed E-state index contributed by atoms with van der Waals surface area (Å²) in [7, 11) is 1.96. The first-order valence-corrected chi connectivity index (χ1v) is 7.14. The molecule has 2 rings (SSSR count). The fourth-order valence-corrected chi connectivity index (χ4v) is 2.69. The monoisotopic (exact) mass is 315 g/mol. The predicted molar refractivity (Wildman–Crippen MR) is 75.1 cm³/mol. The molecule has 100 valence electrons. The Labute approximate surface area is 116 Å². The largest absolute Gasteiger partial charge is 0.359 e. The molecule has 0 atom stereocenters. The molecule has 5 heteroatoms. The van der Waals surface area contributed by atoms with Crippen LogP contribution in [0.5, 0.6) is 0 Å². The minimum absolute atomic E-state index is 0.370. The molecule has 18 heavy (non-hydrogen) atoms. The number of aromatic nitrogens is 1. The first-order valence-electron chi connectivity index (χ1n) is 6.35. The fourth-order valence-electron chi connectivity index (χ4n) is 2.47. The Morgan fingerprint density at radius 1 is 1.39 bits per heavy atom. The number of pyridine rings is 1. The van der Waals surface area contributed by atoms with Gasteiger partial charge < -0.3 is 10.6 Å². The molecule has 0 bridgehead atoms. The summed E-state index contributed by atoms with van der Waals surface area (Å²) in [6, 6.07) is 3.90. The summed E-state index contributed by atoms with van der Waals surface area (Å²) in [5, 5.41) is 0.